The predicted molar refractivity (Wildman–Crippen MR) is 155 cm³/mol. The first-order valence-electron chi connectivity index (χ1n) is 12.5. The summed E-state index contributed by atoms with van der Waals surface area (Å²) in [5.41, 5.74) is 3.27. The second kappa shape index (κ2) is 10.7. The van der Waals surface area contributed by atoms with Gasteiger partial charge >= 0.3 is 0 Å². The quantitative estimate of drug-likeness (QED) is 0.231. The van der Waals surface area contributed by atoms with Crippen LogP contribution in [0.1, 0.15) is 37.7 Å². The average Bonchev–Trinajstić information content (AvgIpc) is 3.50. The highest BCUT2D eigenvalue weighted by atomic mass is 79.9. The van der Waals surface area contributed by atoms with E-state index >= 15 is 0 Å². The zero-order valence-electron chi connectivity index (χ0n) is 21.3. The van der Waals surface area contributed by atoms with Crippen molar-refractivity contribution in [1.29, 1.82) is 0 Å². The second-order valence-electron chi connectivity index (χ2n) is 10.6. The number of carbonyl (C=O) groups is 1. The van der Waals surface area contributed by atoms with Crippen molar-refractivity contribution < 1.29 is 13.6 Å². The molecule has 3 aromatic carbocycles. The minimum Gasteiger partial charge on any atom is -0.340 e. The van der Waals surface area contributed by atoms with E-state index in [0.29, 0.717) is 28.0 Å². The molecule has 0 aliphatic carbocycles. The third-order valence-electron chi connectivity index (χ3n) is 7.02. The number of benzene rings is 3. The lowest BCUT2D eigenvalue weighted by molar-refractivity contribution is -0.142. The van der Waals surface area contributed by atoms with Crippen molar-refractivity contribution in [2.45, 2.75) is 38.7 Å². The summed E-state index contributed by atoms with van der Waals surface area (Å²) >= 11 is 16.0. The van der Waals surface area contributed by atoms with Gasteiger partial charge in [-0.15, -0.1) is 0 Å². The van der Waals surface area contributed by atoms with Crippen LogP contribution < -0.4 is 0 Å². The van der Waals surface area contributed by atoms with Gasteiger partial charge in [0.1, 0.15) is 5.82 Å². The van der Waals surface area contributed by atoms with Crippen molar-refractivity contribution in [3.63, 3.8) is 0 Å². The Kier molecular flexibility index (Phi) is 7.61. The van der Waals surface area contributed by atoms with E-state index in [0.717, 1.165) is 26.7 Å². The number of hydrogen-bond donors (Lipinski definition) is 1. The summed E-state index contributed by atoms with van der Waals surface area (Å²) in [4.78, 5) is 22.6. The number of nitrogens with one attached hydrogen (secondary N) is 1. The van der Waals surface area contributed by atoms with Crippen LogP contribution in [0.5, 0.6) is 0 Å². The lowest BCUT2D eigenvalue weighted by Gasteiger charge is -2.32. The maximum atomic E-state index is 14.7. The monoisotopic (exact) mass is 631 g/mol. The Labute approximate surface area is 244 Å². The number of carbonyl (C=O) groups excluding carboxylic acids is 1. The molecule has 4 aromatic rings. The number of amides is 1. The fourth-order valence-electron chi connectivity index (χ4n) is 5.09. The van der Waals surface area contributed by atoms with Gasteiger partial charge in [0.2, 0.25) is 5.91 Å². The maximum absolute atomic E-state index is 14.7. The second-order valence-corrected chi connectivity index (χ2v) is 12.3. The molecule has 1 amide bonds. The van der Waals surface area contributed by atoms with Gasteiger partial charge in [-0.3, -0.25) is 4.79 Å². The van der Waals surface area contributed by atoms with Gasteiger partial charge in [-0.2, -0.15) is 0 Å². The van der Waals surface area contributed by atoms with E-state index in [1.165, 1.54) is 4.90 Å². The van der Waals surface area contributed by atoms with Gasteiger partial charge in [-0.1, -0.05) is 102 Å². The van der Waals surface area contributed by atoms with Crippen LogP contribution in [0, 0.1) is 5.41 Å². The molecule has 0 bridgehead atoms. The van der Waals surface area contributed by atoms with Gasteiger partial charge in [0, 0.05) is 27.4 Å². The zero-order chi connectivity index (χ0) is 27.9. The highest BCUT2D eigenvalue weighted by molar-refractivity contribution is 9.10. The molecular weight excluding hydrogens is 607 g/mol. The van der Waals surface area contributed by atoms with Crippen LogP contribution in [0.25, 0.3) is 22.4 Å². The molecule has 1 saturated heterocycles. The lowest BCUT2D eigenvalue weighted by Crippen LogP contribution is -2.43. The molecular formula is C30H26BrCl2F2N3O. The van der Waals surface area contributed by atoms with Crippen molar-refractivity contribution in [3.8, 4) is 22.4 Å². The van der Waals surface area contributed by atoms with Crippen LogP contribution in [-0.2, 0) is 11.2 Å². The minimum absolute atomic E-state index is 0.341. The van der Waals surface area contributed by atoms with Gasteiger partial charge in [0.25, 0.3) is 5.92 Å². The van der Waals surface area contributed by atoms with Crippen LogP contribution in [0.2, 0.25) is 10.0 Å². The molecule has 202 valence electrons. The molecule has 1 fully saturated rings. The molecule has 9 heteroatoms. The molecule has 1 aliphatic heterocycles. The highest BCUT2D eigenvalue weighted by Gasteiger charge is 2.51. The third-order valence-corrected chi connectivity index (χ3v) is 8.33. The summed E-state index contributed by atoms with van der Waals surface area (Å²) in [6.07, 6.45) is 1.52. The van der Waals surface area contributed by atoms with E-state index in [4.69, 9.17) is 23.2 Å². The molecule has 0 radical (unpaired) electrons. The van der Waals surface area contributed by atoms with Crippen LogP contribution in [0.3, 0.4) is 0 Å². The lowest BCUT2D eigenvalue weighted by atomic mass is 9.83. The highest BCUT2D eigenvalue weighted by Crippen LogP contribution is 2.43. The Bertz CT molecular complexity index is 1520. The van der Waals surface area contributed by atoms with Crippen LogP contribution in [-0.4, -0.2) is 33.2 Å². The van der Waals surface area contributed by atoms with Gasteiger partial charge < -0.3 is 9.88 Å². The van der Waals surface area contributed by atoms with Crippen molar-refractivity contribution in [3.05, 3.63) is 98.8 Å². The third kappa shape index (κ3) is 5.91. The summed E-state index contributed by atoms with van der Waals surface area (Å²) in [5.74, 6) is -2.99. The predicted octanol–water partition coefficient (Wildman–Crippen LogP) is 8.99. The maximum Gasteiger partial charge on any atom is 0.267 e. The van der Waals surface area contributed by atoms with Gasteiger partial charge in [0.15, 0.2) is 0 Å². The molecule has 1 aromatic heterocycles. The topological polar surface area (TPSA) is 49.0 Å². The Hall–Kier alpha value is -2.74. The van der Waals surface area contributed by atoms with Crippen molar-refractivity contribution in [1.82, 2.24) is 14.9 Å². The molecule has 39 heavy (non-hydrogen) atoms. The van der Waals surface area contributed by atoms with Crippen LogP contribution in [0.4, 0.5) is 8.78 Å². The first-order valence-corrected chi connectivity index (χ1v) is 14.0. The Balaban J connectivity index is 1.36. The largest absolute Gasteiger partial charge is 0.340 e. The number of nitrogens with zero attached hydrogens (tertiary/aromatic N) is 2. The van der Waals surface area contributed by atoms with Gasteiger partial charge in [-0.05, 0) is 35.7 Å². The van der Waals surface area contributed by atoms with Crippen LogP contribution >= 0.6 is 39.1 Å². The molecule has 0 unspecified atom stereocenters. The molecule has 5 rings (SSSR count). The fraction of sp³-hybridized carbons (Fsp3) is 0.267. The number of rotatable bonds is 6. The number of imidazole rings is 1. The van der Waals surface area contributed by atoms with E-state index in [-0.39, 0.29) is 5.91 Å². The summed E-state index contributed by atoms with van der Waals surface area (Å²) in [5, 5.41) is 0.951. The summed E-state index contributed by atoms with van der Waals surface area (Å²) in [7, 11) is 0. The van der Waals surface area contributed by atoms with E-state index in [2.05, 4.69) is 25.9 Å². The van der Waals surface area contributed by atoms with E-state index < -0.39 is 30.3 Å². The van der Waals surface area contributed by atoms with Crippen LogP contribution in [0.15, 0.2) is 77.4 Å². The number of aromatic amines is 1. The first-order chi connectivity index (χ1) is 18.4. The Morgan fingerprint density at radius 1 is 1.10 bits per heavy atom. The van der Waals surface area contributed by atoms with Crippen molar-refractivity contribution >= 4 is 45.0 Å². The zero-order valence-corrected chi connectivity index (χ0v) is 24.4. The van der Waals surface area contributed by atoms with Crippen molar-refractivity contribution in [2.24, 2.45) is 5.41 Å². The van der Waals surface area contributed by atoms with Gasteiger partial charge in [-0.25, -0.2) is 13.8 Å². The molecule has 0 spiro atoms. The molecule has 2 heterocycles. The SMILES string of the molecule is CC(C)(Cc1ccc(-c2cccc(Cl)c2Cl)cc1)C(=O)N1CC(F)(F)C[C@H]1c1ncc(-c2cccc(Br)c2)[nH]1. The summed E-state index contributed by atoms with van der Waals surface area (Å²) in [6.45, 7) is 2.94. The normalized spacial score (nSPS) is 17.0. The number of aromatic nitrogens is 2. The standard InChI is InChI=1S/C30H26BrCl2F2N3O/c1-29(2,14-18-9-11-19(12-10-18)22-7-4-8-23(32)26(22)33)28(39)38-17-30(34,35)15-25(38)27-36-16-24(37-27)20-5-3-6-21(31)13-20/h3-13,16,25H,14-15,17H2,1-2H3,(H,36,37)/t25-/m0/s1. The molecule has 0 saturated carbocycles. The number of halogens is 5. The molecule has 1 atom stereocenters. The van der Waals surface area contributed by atoms with E-state index in [1.807, 2.05) is 60.7 Å². The first kappa shape index (κ1) is 27.8. The average molecular weight is 633 g/mol. The summed E-state index contributed by atoms with van der Waals surface area (Å²) < 4.78 is 30.3. The Morgan fingerprint density at radius 2 is 1.82 bits per heavy atom. The number of alkyl halides is 2. The van der Waals surface area contributed by atoms with Crippen molar-refractivity contribution in [2.75, 3.05) is 6.54 Å². The number of hydrogen-bond acceptors (Lipinski definition) is 2. The van der Waals surface area contributed by atoms with E-state index in [9.17, 15) is 13.6 Å². The molecule has 4 nitrogen and oxygen atoms in total. The molecule has 1 N–H and O–H groups in total. The molecule has 1 aliphatic rings. The number of likely N-dealkylation sites (tertiary alicyclic amines) is 1. The fourth-order valence-corrected chi connectivity index (χ4v) is 5.90. The van der Waals surface area contributed by atoms with E-state index in [1.54, 1.807) is 26.1 Å². The minimum atomic E-state index is -3.00. The Morgan fingerprint density at radius 3 is 2.54 bits per heavy atom. The number of H-pyrrole nitrogens is 1. The van der Waals surface area contributed by atoms with Gasteiger partial charge in [0.05, 0.1) is 34.5 Å². The smallest absolute Gasteiger partial charge is 0.267 e. The summed E-state index contributed by atoms with van der Waals surface area (Å²) in [6, 6.07) is 19.9.